The number of ether oxygens (including phenoxy) is 13. The number of ketones is 1. The van der Waals surface area contributed by atoms with Gasteiger partial charge in [0.05, 0.1) is 60.0 Å². The normalized spacial score (nSPS) is 17.4. The first kappa shape index (κ1) is 101. The predicted molar refractivity (Wildman–Crippen MR) is 394 cm³/mol. The zero-order valence-corrected chi connectivity index (χ0v) is 62.1. The van der Waals surface area contributed by atoms with E-state index in [1.807, 2.05) is 6.07 Å². The number of alkyl halides is 14. The molecule has 6 heterocycles. The van der Waals surface area contributed by atoms with Gasteiger partial charge in [0.2, 0.25) is 14.5 Å². The highest BCUT2D eigenvalue weighted by Crippen LogP contribution is 2.55. The number of carbonyl (C=O) groups excluding carboxylic acids is 3. The molecule has 15 rings (SSSR count). The van der Waals surface area contributed by atoms with Crippen molar-refractivity contribution in [2.24, 2.45) is 0 Å². The van der Waals surface area contributed by atoms with Crippen LogP contribution in [0.3, 0.4) is 0 Å². The van der Waals surface area contributed by atoms with Crippen molar-refractivity contribution in [2.75, 3.05) is 17.8 Å². The minimum atomic E-state index is -3.73. The number of carboxylic acids is 1. The zero-order valence-electron chi connectivity index (χ0n) is 55.0. The Labute approximate surface area is 683 Å². The minimum absolute atomic E-state index is 0. The monoisotopic (exact) mass is 1850 g/mol. The fourth-order valence-electron chi connectivity index (χ4n) is 9.67. The SMILES string of the molecule is C.C.C.C.C.CC(=O)CC#N.CCOC(=O)C(C#N)c1ccc2c(c1)OC(F)(F)O2.ClCCBr.FC1(F)Oc2ccc(Br)cc2O1.N#CC1(c2ccc3c(c2)OC(F)(F)O3)CC1.N#CCc1ccc2c(c1)OC(F)(F)O2.O=C(Cl)C1(c2ccc3c(c2)OC(F)(F)O3)CC1.O=C(O)C1(c2ccc3c(c2)OC(F)(F)O3)CC1.O=S(Cl)Cl. The summed E-state index contributed by atoms with van der Waals surface area (Å²) < 4.78 is 218. The zero-order chi connectivity index (χ0) is 80.9. The number of carbonyl (C=O) groups is 4. The molecule has 9 aliphatic rings. The molecule has 1 atom stereocenters. The first-order chi connectivity index (χ1) is 51.0. The van der Waals surface area contributed by atoms with Gasteiger partial charge in [0.25, 0.3) is 0 Å². The Morgan fingerprint density at radius 1 is 0.509 bits per heavy atom. The average Bonchev–Trinajstić information content (AvgIpc) is 1.60. The van der Waals surface area contributed by atoms with Crippen molar-refractivity contribution in [3.05, 3.63) is 141 Å². The van der Waals surface area contributed by atoms with Gasteiger partial charge < -0.3 is 66.7 Å². The number of benzene rings is 6. The second-order valence-corrected chi connectivity index (χ2v) is 27.7. The highest BCUT2D eigenvalue weighted by Gasteiger charge is 2.55. The molecule has 42 heteroatoms. The molecule has 622 valence electrons. The third-order valence-corrected chi connectivity index (χ3v) is 16.9. The van der Waals surface area contributed by atoms with Crippen LogP contribution in [0.5, 0.6) is 69.0 Å². The van der Waals surface area contributed by atoms with Gasteiger partial charge in [-0.25, -0.2) is 4.21 Å². The molecule has 6 aromatic rings. The summed E-state index contributed by atoms with van der Waals surface area (Å²) in [7, 11) is 7.36. The summed E-state index contributed by atoms with van der Waals surface area (Å²) in [5.74, 6) is -2.77. The molecule has 3 saturated carbocycles. The molecule has 6 aliphatic heterocycles. The number of hydrogen-bond donors (Lipinski definition) is 1. The molecule has 3 aliphatic carbocycles. The van der Waals surface area contributed by atoms with Crippen molar-refractivity contribution in [1.29, 1.82) is 21.0 Å². The number of carboxylic acid groups (broad SMARTS) is 1. The number of hydrogen-bond acceptors (Lipinski definition) is 22. The molecule has 3 fully saturated rings. The molecular weight excluding hydrogens is 1790 g/mol. The van der Waals surface area contributed by atoms with Crippen molar-refractivity contribution in [2.45, 2.75) is 162 Å². The fraction of sp³-hybridized carbons (Fsp3) is 0.389. The van der Waals surface area contributed by atoms with Crippen molar-refractivity contribution >= 4 is 109 Å². The summed E-state index contributed by atoms with van der Waals surface area (Å²) in [5.41, 5.74) is 0.455. The lowest BCUT2D eigenvalue weighted by atomic mass is 9.96. The van der Waals surface area contributed by atoms with Crippen LogP contribution < -0.4 is 56.8 Å². The fourth-order valence-corrected chi connectivity index (χ4v) is 10.3. The number of rotatable bonds is 11. The van der Waals surface area contributed by atoms with E-state index in [-0.39, 0.29) is 137 Å². The van der Waals surface area contributed by atoms with E-state index in [4.69, 9.17) is 58.3 Å². The largest absolute Gasteiger partial charge is 0.586 e. The summed E-state index contributed by atoms with van der Waals surface area (Å²) in [6.07, 6.45) is -17.7. The first-order valence-electron chi connectivity index (χ1n) is 30.5. The van der Waals surface area contributed by atoms with Gasteiger partial charge in [0.1, 0.15) is 5.78 Å². The Balaban J connectivity index is 0.000000446. The van der Waals surface area contributed by atoms with Gasteiger partial charge in [-0.1, -0.05) is 99.3 Å². The lowest BCUT2D eigenvalue weighted by Gasteiger charge is -2.10. The quantitative estimate of drug-likeness (QED) is 0.0545. The summed E-state index contributed by atoms with van der Waals surface area (Å²) in [5, 5.41) is 43.6. The maximum atomic E-state index is 12.8. The first-order valence-corrected chi connectivity index (χ1v) is 36.1. The molecule has 0 saturated heterocycles. The van der Waals surface area contributed by atoms with Gasteiger partial charge in [-0.15, -0.1) is 64.3 Å². The van der Waals surface area contributed by atoms with Gasteiger partial charge in [-0.2, -0.15) is 21.0 Å². The van der Waals surface area contributed by atoms with Crippen molar-refractivity contribution in [3.8, 4) is 93.3 Å². The van der Waals surface area contributed by atoms with Crippen LogP contribution in [0.4, 0.5) is 52.7 Å². The second kappa shape index (κ2) is 41.2. The smallest absolute Gasteiger partial charge is 0.481 e. The van der Waals surface area contributed by atoms with Crippen LogP contribution in [0, 0.1) is 45.3 Å². The van der Waals surface area contributed by atoms with Crippen molar-refractivity contribution in [1.82, 2.24) is 0 Å². The number of Topliss-reactive ketones (excluding diaryl/α,β-unsaturated/α-hetero) is 1. The van der Waals surface area contributed by atoms with Crippen LogP contribution in [-0.2, 0) is 55.8 Å². The van der Waals surface area contributed by atoms with Crippen LogP contribution >= 0.6 is 76.4 Å². The van der Waals surface area contributed by atoms with E-state index in [0.717, 1.165) is 23.7 Å². The lowest BCUT2D eigenvalue weighted by molar-refractivity contribution is -0.287. The van der Waals surface area contributed by atoms with Gasteiger partial charge in [-0.3, -0.25) is 19.2 Å². The highest BCUT2D eigenvalue weighted by molar-refractivity contribution is 9.10. The lowest BCUT2D eigenvalue weighted by Crippen LogP contribution is -2.26. The third-order valence-electron chi connectivity index (χ3n) is 15.0. The van der Waals surface area contributed by atoms with Gasteiger partial charge in [0.15, 0.2) is 74.9 Å². The highest BCUT2D eigenvalue weighted by atomic mass is 79.9. The topological polar surface area (TPSA) is 321 Å². The molecule has 0 spiro atoms. The number of halogens is 18. The van der Waals surface area contributed by atoms with E-state index in [1.54, 1.807) is 43.3 Å². The molecule has 1 unspecified atom stereocenters. The van der Waals surface area contributed by atoms with E-state index < -0.39 is 86.3 Å². The number of fused-ring (bicyclic) bond motifs is 6. The molecule has 114 heavy (non-hydrogen) atoms. The van der Waals surface area contributed by atoms with Crippen LogP contribution in [0.2, 0.25) is 0 Å². The third kappa shape index (κ3) is 27.4. The Bertz CT molecular complexity index is 4510. The Hall–Kier alpha value is -9.41. The number of aliphatic carboxylic acids is 1. The Kier molecular flexibility index (Phi) is 36.4. The summed E-state index contributed by atoms with van der Waals surface area (Å²) in [6.45, 7) is 3.12. The summed E-state index contributed by atoms with van der Waals surface area (Å²) in [6, 6.07) is 33.0. The molecule has 0 radical (unpaired) electrons. The molecule has 23 nitrogen and oxygen atoms in total. The molecule has 1 N–H and O–H groups in total. The van der Waals surface area contributed by atoms with E-state index in [2.05, 4.69) is 116 Å². The maximum Gasteiger partial charge on any atom is 0.586 e. The van der Waals surface area contributed by atoms with E-state index in [0.29, 0.717) is 52.7 Å². The van der Waals surface area contributed by atoms with Crippen LogP contribution in [-0.4, -0.2) is 87.9 Å². The number of esters is 1. The van der Waals surface area contributed by atoms with Crippen molar-refractivity contribution in [3.63, 3.8) is 0 Å². The van der Waals surface area contributed by atoms with Crippen LogP contribution in [0.25, 0.3) is 0 Å². The molecule has 0 aromatic heterocycles. The van der Waals surface area contributed by atoms with Crippen LogP contribution in [0.1, 0.15) is 130 Å². The van der Waals surface area contributed by atoms with Crippen LogP contribution in [0.15, 0.2) is 114 Å². The summed E-state index contributed by atoms with van der Waals surface area (Å²) in [4.78, 5) is 43.8. The predicted octanol–water partition coefficient (Wildman–Crippen LogP) is 20.8. The minimum Gasteiger partial charge on any atom is -0.481 e. The molecular formula is C72H68Br2Cl4F12N4O19S. The Morgan fingerprint density at radius 3 is 1.14 bits per heavy atom. The molecule has 0 bridgehead atoms. The number of nitrogens with zero attached hydrogens (tertiary/aromatic N) is 4. The average molecular weight is 1860 g/mol. The van der Waals surface area contributed by atoms with Gasteiger partial charge >= 0.3 is 49.7 Å². The molecule has 6 aromatic carbocycles. The van der Waals surface area contributed by atoms with Gasteiger partial charge in [0, 0.05) is 37.0 Å². The van der Waals surface area contributed by atoms with E-state index >= 15 is 0 Å². The standard InChI is InChI=1S/C12H9F2NO4.C11H7ClF2O3.C11H7F2NO2.C11H8F2O4.C9H5F2NO2.C7H3BrF2O2.C4H5NO.C2H4BrCl.5CH4.Cl2OS/c1-2-17-11(16)8(6-15)7-3-4-9-10(5-7)19-12(13,14)18-9;12-9(15)10(3-4-10)6-1-2-7-8(5-6)17-11(13,14)16-7;12-11(13)15-8-2-1-7(5-9(8)16-11)10(6-14)3-4-10;12-11(13)16-7-2-1-6(5-8(7)17-11)10(3-4-10)9(14)15;10-9(11)13-7-2-1-6(3-4-12)5-8(7)14-9;8-4-1-2-5-6(3-4)12-7(9,10)11-5;1-4(6)2-3-5;3-1-2-4;;;;;;1-4(2)3/h3-5,8H,2H2,1H3;1-2,5H,3-4H2;1-2,5H,3-4H2;1-2,5H,3-4H2,(H,14,15);1-2,5H,3H2;1-3H;2H2,1H3;1-2H2;5*1H4;. The van der Waals surface area contributed by atoms with E-state index in [1.165, 1.54) is 91.9 Å². The van der Waals surface area contributed by atoms with Gasteiger partial charge in [-0.05, 0) is 171 Å². The van der Waals surface area contributed by atoms with Crippen molar-refractivity contribution < 1.29 is 143 Å². The van der Waals surface area contributed by atoms with E-state index in [9.17, 15) is 71.9 Å². The Morgan fingerprint density at radius 2 is 0.833 bits per heavy atom. The second-order valence-electron chi connectivity index (χ2n) is 22.8. The maximum absolute atomic E-state index is 12.8. The number of nitriles is 4. The summed E-state index contributed by atoms with van der Waals surface area (Å²) >= 11 is 16.9. The molecule has 0 amide bonds.